The molecule has 0 aromatic heterocycles. The van der Waals surface area contributed by atoms with E-state index in [1.54, 1.807) is 44.2 Å². The molecule has 2 N–H and O–H groups in total. The van der Waals surface area contributed by atoms with E-state index in [2.05, 4.69) is 5.32 Å². The van der Waals surface area contributed by atoms with Crippen LogP contribution in [0.15, 0.2) is 30.3 Å². The summed E-state index contributed by atoms with van der Waals surface area (Å²) in [5.41, 5.74) is 0.611. The van der Waals surface area contributed by atoms with E-state index >= 15 is 0 Å². The molecule has 0 saturated heterocycles. The zero-order valence-electron chi connectivity index (χ0n) is 14.0. The van der Waals surface area contributed by atoms with Crippen LogP contribution in [0.2, 0.25) is 0 Å². The highest BCUT2D eigenvalue weighted by Gasteiger charge is 2.29. The summed E-state index contributed by atoms with van der Waals surface area (Å²) in [6, 6.07) is 7.53. The van der Waals surface area contributed by atoms with E-state index in [0.29, 0.717) is 5.56 Å². The number of rotatable bonds is 9. The number of nitrogens with one attached hydrogen (secondary N) is 1. The average Bonchev–Trinajstić information content (AvgIpc) is 2.55. The first-order chi connectivity index (χ1) is 11.4. The highest BCUT2D eigenvalue weighted by molar-refractivity contribution is 5.87. The molecule has 3 atom stereocenters. The quantitative estimate of drug-likeness (QED) is 0.663. The molecule has 7 nitrogen and oxygen atoms in total. The molecule has 0 heterocycles. The number of carboxylic acids is 1. The Morgan fingerprint density at radius 2 is 1.83 bits per heavy atom. The maximum Gasteiger partial charge on any atom is 0.326 e. The summed E-state index contributed by atoms with van der Waals surface area (Å²) in [7, 11) is 1.37. The number of hydrogen-bond acceptors (Lipinski definition) is 5. The molecule has 0 radical (unpaired) electrons. The Hall–Kier alpha value is -2.41. The lowest BCUT2D eigenvalue weighted by Gasteiger charge is -2.21. The van der Waals surface area contributed by atoms with Gasteiger partial charge in [0.15, 0.2) is 6.10 Å². The third-order valence-electron chi connectivity index (χ3n) is 3.47. The summed E-state index contributed by atoms with van der Waals surface area (Å²) < 4.78 is 10.0. The summed E-state index contributed by atoms with van der Waals surface area (Å²) in [5.74, 6) is -2.94. The number of carbonyl (C=O) groups is 3. The van der Waals surface area contributed by atoms with Crippen LogP contribution in [0, 0.1) is 5.92 Å². The number of esters is 1. The van der Waals surface area contributed by atoms with Crippen LogP contribution in [0.5, 0.6) is 0 Å². The van der Waals surface area contributed by atoms with Crippen molar-refractivity contribution in [1.29, 1.82) is 0 Å². The lowest BCUT2D eigenvalue weighted by atomic mass is 10.0. The second kappa shape index (κ2) is 9.67. The topological polar surface area (TPSA) is 102 Å². The molecule has 132 valence electrons. The number of aliphatic carboxylic acids is 1. The summed E-state index contributed by atoms with van der Waals surface area (Å²) in [6.45, 7) is 3.45. The van der Waals surface area contributed by atoms with Crippen LogP contribution in [-0.2, 0) is 23.9 Å². The van der Waals surface area contributed by atoms with Gasteiger partial charge in [-0.15, -0.1) is 0 Å². The van der Waals surface area contributed by atoms with Gasteiger partial charge in [-0.2, -0.15) is 0 Å². The van der Waals surface area contributed by atoms with Crippen LogP contribution in [0.4, 0.5) is 0 Å². The van der Waals surface area contributed by atoms with Gasteiger partial charge in [0, 0.05) is 7.11 Å². The van der Waals surface area contributed by atoms with Crippen LogP contribution in [0.1, 0.15) is 31.9 Å². The molecule has 0 fully saturated rings. The van der Waals surface area contributed by atoms with Crippen LogP contribution < -0.4 is 5.32 Å². The zero-order chi connectivity index (χ0) is 18.1. The third kappa shape index (κ3) is 5.66. The van der Waals surface area contributed by atoms with Gasteiger partial charge in [0.1, 0.15) is 6.04 Å². The molecule has 1 aromatic carbocycles. The monoisotopic (exact) mass is 337 g/mol. The van der Waals surface area contributed by atoms with Crippen molar-refractivity contribution in [3.05, 3.63) is 35.9 Å². The zero-order valence-corrected chi connectivity index (χ0v) is 14.0. The van der Waals surface area contributed by atoms with Crippen molar-refractivity contribution >= 4 is 17.8 Å². The van der Waals surface area contributed by atoms with E-state index in [4.69, 9.17) is 9.47 Å². The van der Waals surface area contributed by atoms with Crippen molar-refractivity contribution in [2.24, 2.45) is 5.92 Å². The first kappa shape index (κ1) is 19.6. The number of methoxy groups -OCH3 is 1. The molecule has 7 heteroatoms. The lowest BCUT2D eigenvalue weighted by molar-refractivity contribution is -0.150. The molecule has 0 aliphatic heterocycles. The van der Waals surface area contributed by atoms with Gasteiger partial charge in [-0.05, 0) is 18.9 Å². The van der Waals surface area contributed by atoms with Crippen molar-refractivity contribution in [1.82, 2.24) is 5.32 Å². The van der Waals surface area contributed by atoms with Gasteiger partial charge in [0.2, 0.25) is 0 Å². The summed E-state index contributed by atoms with van der Waals surface area (Å²) in [6.07, 6.45) is -0.989. The van der Waals surface area contributed by atoms with Crippen molar-refractivity contribution in [2.45, 2.75) is 32.4 Å². The highest BCUT2D eigenvalue weighted by Crippen LogP contribution is 2.17. The van der Waals surface area contributed by atoms with Crippen LogP contribution in [0.3, 0.4) is 0 Å². The van der Waals surface area contributed by atoms with Gasteiger partial charge in [-0.25, -0.2) is 4.79 Å². The van der Waals surface area contributed by atoms with Crippen LogP contribution >= 0.6 is 0 Å². The molecule has 1 rings (SSSR count). The van der Waals surface area contributed by atoms with E-state index in [0.717, 1.165) is 0 Å². The number of ether oxygens (including phenoxy) is 2. The van der Waals surface area contributed by atoms with Gasteiger partial charge >= 0.3 is 11.9 Å². The molecule has 0 unspecified atom stereocenters. The van der Waals surface area contributed by atoms with Gasteiger partial charge in [-0.1, -0.05) is 37.3 Å². The number of carboxylic acid groups (broad SMARTS) is 1. The van der Waals surface area contributed by atoms with E-state index < -0.39 is 35.9 Å². The van der Waals surface area contributed by atoms with Crippen LogP contribution in [0.25, 0.3) is 0 Å². The molecule has 0 spiro atoms. The van der Waals surface area contributed by atoms with Crippen molar-refractivity contribution in [2.75, 3.05) is 13.7 Å². The van der Waals surface area contributed by atoms with Crippen LogP contribution in [-0.4, -0.2) is 42.7 Å². The highest BCUT2D eigenvalue weighted by atomic mass is 16.5. The fourth-order valence-corrected chi connectivity index (χ4v) is 2.23. The minimum absolute atomic E-state index is 0.0644. The summed E-state index contributed by atoms with van der Waals surface area (Å²) in [5, 5.41) is 11.7. The predicted octanol–water partition coefficient (Wildman–Crippen LogP) is 1.53. The fraction of sp³-hybridized carbons (Fsp3) is 0.471. The maximum atomic E-state index is 12.4. The lowest BCUT2D eigenvalue weighted by Crippen LogP contribution is -2.45. The third-order valence-corrected chi connectivity index (χ3v) is 3.47. The number of benzene rings is 1. The molecule has 0 bridgehead atoms. The van der Waals surface area contributed by atoms with Gasteiger partial charge in [0.25, 0.3) is 5.91 Å². The molecule has 0 aliphatic carbocycles. The molecular formula is C17H23NO6. The number of carbonyl (C=O) groups excluding carboxylic acids is 2. The van der Waals surface area contributed by atoms with E-state index in [9.17, 15) is 19.5 Å². The Labute approximate surface area is 141 Å². The first-order valence-electron chi connectivity index (χ1n) is 7.68. The van der Waals surface area contributed by atoms with Gasteiger partial charge in [0.05, 0.1) is 12.5 Å². The number of amides is 1. The molecule has 0 aliphatic rings. The molecule has 1 amide bonds. The summed E-state index contributed by atoms with van der Waals surface area (Å²) >= 11 is 0. The summed E-state index contributed by atoms with van der Waals surface area (Å²) in [4.78, 5) is 35.4. The van der Waals surface area contributed by atoms with E-state index in [-0.39, 0.29) is 13.0 Å². The van der Waals surface area contributed by atoms with Crippen molar-refractivity contribution in [3.63, 3.8) is 0 Å². The average molecular weight is 337 g/mol. The SMILES string of the molecule is CCOC(=O)[C@@H](C)C[C@H](NC(=O)[C@@H](OC)c1ccccc1)C(=O)O. The Morgan fingerprint density at radius 1 is 1.21 bits per heavy atom. The van der Waals surface area contributed by atoms with Crippen molar-refractivity contribution in [3.8, 4) is 0 Å². The molecule has 1 aromatic rings. The Balaban J connectivity index is 2.78. The smallest absolute Gasteiger partial charge is 0.326 e. The maximum absolute atomic E-state index is 12.4. The van der Waals surface area contributed by atoms with Gasteiger partial charge in [-0.3, -0.25) is 9.59 Å². The Kier molecular flexibility index (Phi) is 7.91. The second-order valence-corrected chi connectivity index (χ2v) is 5.31. The molecular weight excluding hydrogens is 314 g/mol. The second-order valence-electron chi connectivity index (χ2n) is 5.31. The molecule has 0 saturated carbocycles. The largest absolute Gasteiger partial charge is 0.480 e. The predicted molar refractivity (Wildman–Crippen MR) is 86.2 cm³/mol. The minimum atomic E-state index is -1.22. The Bertz CT molecular complexity index is 559. The van der Waals surface area contributed by atoms with Crippen molar-refractivity contribution < 1.29 is 29.0 Å². The standard InChI is InChI=1S/C17H23NO6/c1-4-24-17(22)11(2)10-13(16(20)21)18-15(19)14(23-3)12-8-6-5-7-9-12/h5-9,11,13-14H,4,10H2,1-3H3,(H,18,19)(H,20,21)/t11-,13-,14-/m0/s1. The normalized spacial score (nSPS) is 14.3. The van der Waals surface area contributed by atoms with E-state index in [1.807, 2.05) is 0 Å². The number of hydrogen-bond donors (Lipinski definition) is 2. The van der Waals surface area contributed by atoms with Gasteiger partial charge < -0.3 is 19.9 Å². The Morgan fingerprint density at radius 3 is 2.33 bits per heavy atom. The van der Waals surface area contributed by atoms with E-state index in [1.165, 1.54) is 7.11 Å². The minimum Gasteiger partial charge on any atom is -0.480 e. The first-order valence-corrected chi connectivity index (χ1v) is 7.68. The molecule has 24 heavy (non-hydrogen) atoms. The fourth-order valence-electron chi connectivity index (χ4n) is 2.23.